The van der Waals surface area contributed by atoms with E-state index in [2.05, 4.69) is 24.9 Å². The SMILES string of the molecule is CCCCCC(C)n1c(N)nc2ccc(C#N)cc21. The van der Waals surface area contributed by atoms with Crippen LogP contribution in [0.5, 0.6) is 0 Å². The van der Waals surface area contributed by atoms with Crippen molar-refractivity contribution in [3.05, 3.63) is 23.8 Å². The number of benzene rings is 1. The molecule has 4 heteroatoms. The van der Waals surface area contributed by atoms with Crippen LogP contribution < -0.4 is 5.73 Å². The molecular formula is C15H20N4. The summed E-state index contributed by atoms with van der Waals surface area (Å²) in [5.74, 6) is 0.536. The van der Waals surface area contributed by atoms with E-state index >= 15 is 0 Å². The van der Waals surface area contributed by atoms with E-state index in [1.807, 2.05) is 16.7 Å². The maximum absolute atomic E-state index is 9.00. The molecule has 0 aliphatic heterocycles. The Morgan fingerprint density at radius 1 is 1.42 bits per heavy atom. The fourth-order valence-corrected chi connectivity index (χ4v) is 2.46. The second-order valence-corrected chi connectivity index (χ2v) is 5.00. The Labute approximate surface area is 113 Å². The second-order valence-electron chi connectivity index (χ2n) is 5.00. The molecule has 1 unspecified atom stereocenters. The number of unbranched alkanes of at least 4 members (excludes halogenated alkanes) is 2. The van der Waals surface area contributed by atoms with Gasteiger partial charge in [-0.05, 0) is 31.5 Å². The van der Waals surface area contributed by atoms with Gasteiger partial charge in [-0.15, -0.1) is 0 Å². The minimum Gasteiger partial charge on any atom is -0.369 e. The van der Waals surface area contributed by atoms with Crippen molar-refractivity contribution >= 4 is 17.0 Å². The first-order valence-corrected chi connectivity index (χ1v) is 6.85. The molecule has 0 spiro atoms. The normalized spacial score (nSPS) is 12.5. The first kappa shape index (κ1) is 13.4. The van der Waals surface area contributed by atoms with Crippen molar-refractivity contribution in [2.24, 2.45) is 0 Å². The van der Waals surface area contributed by atoms with E-state index in [0.717, 1.165) is 17.5 Å². The predicted molar refractivity (Wildman–Crippen MR) is 77.7 cm³/mol. The smallest absolute Gasteiger partial charge is 0.201 e. The summed E-state index contributed by atoms with van der Waals surface area (Å²) in [6.45, 7) is 4.36. The molecule has 1 aromatic heterocycles. The number of hydrogen-bond acceptors (Lipinski definition) is 3. The van der Waals surface area contributed by atoms with Gasteiger partial charge in [-0.25, -0.2) is 4.98 Å². The lowest BCUT2D eigenvalue weighted by Crippen LogP contribution is -2.08. The minimum atomic E-state index is 0.311. The van der Waals surface area contributed by atoms with Crippen LogP contribution in [0.15, 0.2) is 18.2 Å². The van der Waals surface area contributed by atoms with Crippen molar-refractivity contribution < 1.29 is 0 Å². The zero-order valence-corrected chi connectivity index (χ0v) is 11.6. The molecule has 100 valence electrons. The third-order valence-electron chi connectivity index (χ3n) is 3.51. The van der Waals surface area contributed by atoms with Crippen molar-refractivity contribution in [1.82, 2.24) is 9.55 Å². The largest absolute Gasteiger partial charge is 0.369 e. The quantitative estimate of drug-likeness (QED) is 0.830. The molecular weight excluding hydrogens is 236 g/mol. The first-order valence-electron chi connectivity index (χ1n) is 6.85. The van der Waals surface area contributed by atoms with Gasteiger partial charge in [-0.3, -0.25) is 0 Å². The molecule has 1 heterocycles. The number of nitrogens with two attached hydrogens (primary N) is 1. The van der Waals surface area contributed by atoms with Crippen LogP contribution in [-0.2, 0) is 0 Å². The highest BCUT2D eigenvalue weighted by Gasteiger charge is 2.14. The van der Waals surface area contributed by atoms with Crippen LogP contribution >= 0.6 is 0 Å². The molecule has 0 bridgehead atoms. The number of fused-ring (bicyclic) bond motifs is 1. The Morgan fingerprint density at radius 3 is 2.89 bits per heavy atom. The number of rotatable bonds is 5. The van der Waals surface area contributed by atoms with Gasteiger partial charge in [0.25, 0.3) is 0 Å². The summed E-state index contributed by atoms with van der Waals surface area (Å²) in [5.41, 5.74) is 8.49. The van der Waals surface area contributed by atoms with Gasteiger partial charge in [0.1, 0.15) is 0 Å². The molecule has 0 saturated heterocycles. The van der Waals surface area contributed by atoms with E-state index in [4.69, 9.17) is 11.0 Å². The number of aromatic nitrogens is 2. The summed E-state index contributed by atoms with van der Waals surface area (Å²) in [5, 5.41) is 9.00. The Hall–Kier alpha value is -2.02. The fraction of sp³-hybridized carbons (Fsp3) is 0.467. The maximum atomic E-state index is 9.00. The zero-order chi connectivity index (χ0) is 13.8. The van der Waals surface area contributed by atoms with Crippen LogP contribution in [0.2, 0.25) is 0 Å². The molecule has 2 N–H and O–H groups in total. The third kappa shape index (κ3) is 2.70. The monoisotopic (exact) mass is 256 g/mol. The van der Waals surface area contributed by atoms with E-state index in [0.29, 0.717) is 17.6 Å². The number of nitriles is 1. The molecule has 0 aliphatic rings. The summed E-state index contributed by atoms with van der Waals surface area (Å²) in [6, 6.07) is 7.98. The number of nitrogen functional groups attached to an aromatic ring is 1. The van der Waals surface area contributed by atoms with E-state index < -0.39 is 0 Å². The average molecular weight is 256 g/mol. The summed E-state index contributed by atoms with van der Waals surface area (Å²) in [7, 11) is 0. The maximum Gasteiger partial charge on any atom is 0.201 e. The van der Waals surface area contributed by atoms with E-state index in [9.17, 15) is 0 Å². The second kappa shape index (κ2) is 5.75. The van der Waals surface area contributed by atoms with Crippen LogP contribution in [0.4, 0.5) is 5.95 Å². The van der Waals surface area contributed by atoms with Gasteiger partial charge in [0.15, 0.2) is 0 Å². The molecule has 0 fully saturated rings. The number of nitrogens with zero attached hydrogens (tertiary/aromatic N) is 3. The van der Waals surface area contributed by atoms with Crippen molar-refractivity contribution in [2.75, 3.05) is 5.73 Å². The number of hydrogen-bond donors (Lipinski definition) is 1. The van der Waals surface area contributed by atoms with Crippen molar-refractivity contribution in [3.63, 3.8) is 0 Å². The lowest BCUT2D eigenvalue weighted by molar-refractivity contribution is 0.492. The minimum absolute atomic E-state index is 0.311. The Morgan fingerprint density at radius 2 is 2.21 bits per heavy atom. The summed E-state index contributed by atoms with van der Waals surface area (Å²) >= 11 is 0. The summed E-state index contributed by atoms with van der Waals surface area (Å²) in [4.78, 5) is 4.37. The Bertz CT molecular complexity index is 606. The highest BCUT2D eigenvalue weighted by atomic mass is 15.2. The van der Waals surface area contributed by atoms with Gasteiger partial charge in [-0.1, -0.05) is 26.2 Å². The highest BCUT2D eigenvalue weighted by Crippen LogP contribution is 2.26. The molecule has 2 aromatic rings. The van der Waals surface area contributed by atoms with Crippen LogP contribution in [0.25, 0.3) is 11.0 Å². The van der Waals surface area contributed by atoms with Gasteiger partial charge in [-0.2, -0.15) is 5.26 Å². The van der Waals surface area contributed by atoms with Gasteiger partial charge in [0, 0.05) is 6.04 Å². The van der Waals surface area contributed by atoms with E-state index in [-0.39, 0.29) is 0 Å². The molecule has 4 nitrogen and oxygen atoms in total. The van der Waals surface area contributed by atoms with Gasteiger partial charge in [0.2, 0.25) is 5.95 Å². The first-order chi connectivity index (χ1) is 9.17. The molecule has 0 radical (unpaired) electrons. The summed E-state index contributed by atoms with van der Waals surface area (Å²) < 4.78 is 2.05. The van der Waals surface area contributed by atoms with Gasteiger partial charge in [0.05, 0.1) is 22.7 Å². The van der Waals surface area contributed by atoms with Gasteiger partial charge >= 0.3 is 0 Å². The zero-order valence-electron chi connectivity index (χ0n) is 11.6. The molecule has 1 aromatic carbocycles. The highest BCUT2D eigenvalue weighted by molar-refractivity contribution is 5.80. The molecule has 2 rings (SSSR count). The average Bonchev–Trinajstić information content (AvgIpc) is 2.73. The lowest BCUT2D eigenvalue weighted by atomic mass is 10.1. The van der Waals surface area contributed by atoms with Crippen molar-refractivity contribution in [2.45, 2.75) is 45.6 Å². The summed E-state index contributed by atoms with van der Waals surface area (Å²) in [6.07, 6.45) is 4.72. The molecule has 0 aliphatic carbocycles. The van der Waals surface area contributed by atoms with Crippen molar-refractivity contribution in [3.8, 4) is 6.07 Å². The van der Waals surface area contributed by atoms with Crippen LogP contribution in [0, 0.1) is 11.3 Å². The van der Waals surface area contributed by atoms with Crippen molar-refractivity contribution in [1.29, 1.82) is 5.26 Å². The number of anilines is 1. The molecule has 0 saturated carbocycles. The van der Waals surface area contributed by atoms with Crippen LogP contribution in [0.3, 0.4) is 0 Å². The topological polar surface area (TPSA) is 67.6 Å². The molecule has 0 amide bonds. The number of imidazole rings is 1. The van der Waals surface area contributed by atoms with Crippen LogP contribution in [-0.4, -0.2) is 9.55 Å². The fourth-order valence-electron chi connectivity index (χ4n) is 2.46. The van der Waals surface area contributed by atoms with Gasteiger partial charge < -0.3 is 10.3 Å². The standard InChI is InChI=1S/C15H20N4/c1-3-4-5-6-11(2)19-14-9-12(10-16)7-8-13(14)18-15(19)17/h7-9,11H,3-6H2,1-2H3,(H2,17,18). The molecule has 19 heavy (non-hydrogen) atoms. The van der Waals surface area contributed by atoms with E-state index in [1.165, 1.54) is 19.3 Å². The lowest BCUT2D eigenvalue weighted by Gasteiger charge is -2.15. The Kier molecular flexibility index (Phi) is 4.06. The molecule has 1 atom stereocenters. The Balaban J connectivity index is 2.35. The third-order valence-corrected chi connectivity index (χ3v) is 3.51. The predicted octanol–water partition coefficient (Wildman–Crippen LogP) is 3.63. The van der Waals surface area contributed by atoms with Crippen LogP contribution in [0.1, 0.15) is 51.1 Å². The van der Waals surface area contributed by atoms with E-state index in [1.54, 1.807) is 6.07 Å².